The molecular weight excluding hydrogens is 258 g/mol. The van der Waals surface area contributed by atoms with Gasteiger partial charge in [0.05, 0.1) is 4.92 Å². The molecule has 1 amide bonds. The number of carbonyl (C=O) groups is 1. The van der Waals surface area contributed by atoms with Crippen molar-refractivity contribution in [2.24, 2.45) is 0 Å². The molecule has 0 aliphatic rings. The number of aromatic nitrogens is 1. The number of rotatable bonds is 6. The molecule has 0 saturated carbocycles. The van der Waals surface area contributed by atoms with Crippen LogP contribution in [0, 0.1) is 10.1 Å². The summed E-state index contributed by atoms with van der Waals surface area (Å²) in [6.45, 7) is 2.54. The first-order valence-corrected chi connectivity index (χ1v) is 6.02. The quantitative estimate of drug-likeness (QED) is 0.373. The Labute approximate surface area is 110 Å². The van der Waals surface area contributed by atoms with Gasteiger partial charge in [0.25, 0.3) is 5.91 Å². The first kappa shape index (κ1) is 14.4. The zero-order chi connectivity index (χ0) is 13.5. The van der Waals surface area contributed by atoms with Crippen LogP contribution in [-0.4, -0.2) is 22.4 Å². The van der Waals surface area contributed by atoms with E-state index in [0.717, 1.165) is 19.3 Å². The zero-order valence-corrected chi connectivity index (χ0v) is 10.7. The molecule has 1 rings (SSSR count). The van der Waals surface area contributed by atoms with Gasteiger partial charge in [-0.2, -0.15) is 0 Å². The second kappa shape index (κ2) is 6.90. The lowest BCUT2D eigenvalue weighted by atomic mass is 10.2. The fourth-order valence-electron chi connectivity index (χ4n) is 1.46. The Kier molecular flexibility index (Phi) is 5.51. The van der Waals surface area contributed by atoms with Crippen molar-refractivity contribution in [3.05, 3.63) is 33.1 Å². The van der Waals surface area contributed by atoms with E-state index in [1.54, 1.807) is 0 Å². The van der Waals surface area contributed by atoms with Crippen LogP contribution >= 0.6 is 11.6 Å². The smallest absolute Gasteiger partial charge is 0.319 e. The molecule has 0 spiro atoms. The molecule has 7 heteroatoms. The Morgan fingerprint density at radius 1 is 1.56 bits per heavy atom. The third-order valence-electron chi connectivity index (χ3n) is 2.37. The van der Waals surface area contributed by atoms with Gasteiger partial charge in [0.15, 0.2) is 0 Å². The standard InChI is InChI=1S/C11H14ClN3O3/c1-2-3-4-6-14-11(16)8-5-7-13-10(12)9(8)15(17)18/h5,7H,2-4,6H2,1H3,(H,14,16). The maximum atomic E-state index is 11.8. The van der Waals surface area contributed by atoms with Crippen LogP contribution in [0.2, 0.25) is 5.15 Å². The lowest BCUT2D eigenvalue weighted by molar-refractivity contribution is -0.385. The Morgan fingerprint density at radius 3 is 2.89 bits per heavy atom. The molecule has 0 atom stereocenters. The molecule has 0 unspecified atom stereocenters. The maximum absolute atomic E-state index is 11.8. The molecule has 1 N–H and O–H groups in total. The van der Waals surface area contributed by atoms with Crippen molar-refractivity contribution in [3.63, 3.8) is 0 Å². The number of carbonyl (C=O) groups excluding carboxylic acids is 1. The lowest BCUT2D eigenvalue weighted by Crippen LogP contribution is -2.25. The van der Waals surface area contributed by atoms with Crippen LogP contribution in [0.25, 0.3) is 0 Å². The number of halogens is 1. The minimum absolute atomic E-state index is 0.0588. The van der Waals surface area contributed by atoms with E-state index in [2.05, 4.69) is 17.2 Å². The van der Waals surface area contributed by atoms with Crippen LogP contribution in [-0.2, 0) is 0 Å². The summed E-state index contributed by atoms with van der Waals surface area (Å²) in [5, 5.41) is 13.2. The summed E-state index contributed by atoms with van der Waals surface area (Å²) < 4.78 is 0. The third-order valence-corrected chi connectivity index (χ3v) is 2.65. The predicted molar refractivity (Wildman–Crippen MR) is 67.8 cm³/mol. The van der Waals surface area contributed by atoms with Crippen LogP contribution < -0.4 is 5.32 Å². The topological polar surface area (TPSA) is 85.1 Å². The fraction of sp³-hybridized carbons (Fsp3) is 0.455. The highest BCUT2D eigenvalue weighted by molar-refractivity contribution is 6.32. The Morgan fingerprint density at radius 2 is 2.28 bits per heavy atom. The highest BCUT2D eigenvalue weighted by Crippen LogP contribution is 2.25. The highest BCUT2D eigenvalue weighted by Gasteiger charge is 2.24. The summed E-state index contributed by atoms with van der Waals surface area (Å²) in [7, 11) is 0. The number of nitrogens with zero attached hydrogens (tertiary/aromatic N) is 2. The molecule has 1 heterocycles. The van der Waals surface area contributed by atoms with Crippen LogP contribution in [0.15, 0.2) is 12.3 Å². The van der Waals surface area contributed by atoms with Crippen molar-refractivity contribution in [1.29, 1.82) is 0 Å². The third kappa shape index (κ3) is 3.66. The van der Waals surface area contributed by atoms with Crippen molar-refractivity contribution in [1.82, 2.24) is 10.3 Å². The molecule has 0 bridgehead atoms. The second-order valence-electron chi connectivity index (χ2n) is 3.72. The van der Waals surface area contributed by atoms with Gasteiger partial charge >= 0.3 is 5.69 Å². The maximum Gasteiger partial charge on any atom is 0.319 e. The average molecular weight is 272 g/mol. The van der Waals surface area contributed by atoms with Gasteiger partial charge in [-0.3, -0.25) is 14.9 Å². The summed E-state index contributed by atoms with van der Waals surface area (Å²) in [4.78, 5) is 25.5. The van der Waals surface area contributed by atoms with Crippen molar-refractivity contribution in [3.8, 4) is 0 Å². The van der Waals surface area contributed by atoms with Gasteiger partial charge in [-0.1, -0.05) is 31.4 Å². The predicted octanol–water partition coefficient (Wildman–Crippen LogP) is 2.56. The average Bonchev–Trinajstić information content (AvgIpc) is 2.33. The van der Waals surface area contributed by atoms with Gasteiger partial charge in [-0.15, -0.1) is 0 Å². The van der Waals surface area contributed by atoms with E-state index in [1.807, 2.05) is 0 Å². The van der Waals surface area contributed by atoms with E-state index in [-0.39, 0.29) is 10.7 Å². The van der Waals surface area contributed by atoms with Gasteiger partial charge < -0.3 is 5.32 Å². The van der Waals surface area contributed by atoms with Gasteiger partial charge in [0.2, 0.25) is 5.15 Å². The normalized spacial score (nSPS) is 10.1. The molecule has 0 saturated heterocycles. The van der Waals surface area contributed by atoms with Gasteiger partial charge in [0, 0.05) is 12.7 Å². The summed E-state index contributed by atoms with van der Waals surface area (Å²) >= 11 is 5.62. The first-order chi connectivity index (χ1) is 8.57. The number of hydrogen-bond acceptors (Lipinski definition) is 4. The molecule has 0 fully saturated rings. The number of amides is 1. The van der Waals surface area contributed by atoms with E-state index in [1.165, 1.54) is 12.3 Å². The molecule has 18 heavy (non-hydrogen) atoms. The summed E-state index contributed by atoms with van der Waals surface area (Å²) in [5.41, 5.74) is -0.511. The fourth-order valence-corrected chi connectivity index (χ4v) is 1.68. The highest BCUT2D eigenvalue weighted by atomic mass is 35.5. The molecule has 0 aliphatic heterocycles. The minimum atomic E-state index is -0.698. The summed E-state index contributed by atoms with van der Waals surface area (Å²) in [6.07, 6.45) is 4.15. The first-order valence-electron chi connectivity index (χ1n) is 5.65. The van der Waals surface area contributed by atoms with Crippen molar-refractivity contribution in [2.75, 3.05) is 6.54 Å². The monoisotopic (exact) mass is 271 g/mol. The van der Waals surface area contributed by atoms with Gasteiger partial charge in [-0.05, 0) is 12.5 Å². The lowest BCUT2D eigenvalue weighted by Gasteiger charge is -2.05. The largest absolute Gasteiger partial charge is 0.352 e. The minimum Gasteiger partial charge on any atom is -0.352 e. The number of unbranched alkanes of at least 4 members (excludes halogenated alkanes) is 2. The van der Waals surface area contributed by atoms with Gasteiger partial charge in [-0.25, -0.2) is 4.98 Å². The van der Waals surface area contributed by atoms with Crippen LogP contribution in [0.1, 0.15) is 36.5 Å². The Bertz CT molecular complexity index is 451. The molecule has 0 aliphatic carbocycles. The molecule has 0 aromatic carbocycles. The number of pyridine rings is 1. The van der Waals surface area contributed by atoms with E-state index in [0.29, 0.717) is 6.54 Å². The van der Waals surface area contributed by atoms with E-state index in [9.17, 15) is 14.9 Å². The zero-order valence-electron chi connectivity index (χ0n) is 9.98. The van der Waals surface area contributed by atoms with E-state index < -0.39 is 16.5 Å². The number of nitrogens with one attached hydrogen (secondary N) is 1. The Balaban J connectivity index is 2.79. The Hall–Kier alpha value is -1.69. The summed E-state index contributed by atoms with van der Waals surface area (Å²) in [5.74, 6) is -0.498. The van der Waals surface area contributed by atoms with Gasteiger partial charge in [0.1, 0.15) is 5.56 Å². The number of nitro groups is 1. The van der Waals surface area contributed by atoms with Crippen molar-refractivity contribution in [2.45, 2.75) is 26.2 Å². The molecule has 6 nitrogen and oxygen atoms in total. The van der Waals surface area contributed by atoms with Crippen molar-refractivity contribution < 1.29 is 9.72 Å². The SMILES string of the molecule is CCCCCNC(=O)c1ccnc(Cl)c1[N+](=O)[O-]. The second-order valence-corrected chi connectivity index (χ2v) is 4.08. The van der Waals surface area contributed by atoms with E-state index in [4.69, 9.17) is 11.6 Å². The molecular formula is C11H14ClN3O3. The van der Waals surface area contributed by atoms with E-state index >= 15 is 0 Å². The molecule has 1 aromatic heterocycles. The van der Waals surface area contributed by atoms with Crippen molar-refractivity contribution >= 4 is 23.2 Å². The molecule has 98 valence electrons. The van der Waals surface area contributed by atoms with Crippen LogP contribution in [0.4, 0.5) is 5.69 Å². The van der Waals surface area contributed by atoms with Crippen LogP contribution in [0.5, 0.6) is 0 Å². The molecule has 0 radical (unpaired) electrons. The molecule has 1 aromatic rings. The van der Waals surface area contributed by atoms with Crippen LogP contribution in [0.3, 0.4) is 0 Å². The number of hydrogen-bond donors (Lipinski definition) is 1. The summed E-state index contributed by atoms with van der Waals surface area (Å²) in [6, 6.07) is 1.29.